The van der Waals surface area contributed by atoms with E-state index in [9.17, 15) is 0 Å². The Balaban J connectivity index is 1.40. The van der Waals surface area contributed by atoms with Crippen LogP contribution < -0.4 is 0 Å². The van der Waals surface area contributed by atoms with Crippen molar-refractivity contribution in [2.24, 2.45) is 0 Å². The van der Waals surface area contributed by atoms with E-state index in [2.05, 4.69) is 97.1 Å². The molecule has 0 N–H and O–H groups in total. The molecule has 3 aromatic carbocycles. The van der Waals surface area contributed by atoms with Gasteiger partial charge in [-0.2, -0.15) is 0 Å². The van der Waals surface area contributed by atoms with Crippen LogP contribution in [0.1, 0.15) is 41.5 Å². The third-order valence-corrected chi connectivity index (χ3v) is 7.25. The molecule has 2 unspecified atom stereocenters. The second kappa shape index (κ2) is 10.5. The minimum Gasteiger partial charge on any atom is -0.228 e. The monoisotopic (exact) mass is 498 g/mol. The van der Waals surface area contributed by atoms with E-state index in [0.717, 1.165) is 51.8 Å². The molecule has 2 aliphatic carbocycles. The van der Waals surface area contributed by atoms with E-state index < -0.39 is 0 Å². The van der Waals surface area contributed by atoms with Crippen LogP contribution in [0.2, 0.25) is 5.02 Å². The average molecular weight is 499 g/mol. The molecule has 0 fully saturated rings. The van der Waals surface area contributed by atoms with Crippen LogP contribution in [0.25, 0.3) is 28.2 Å². The van der Waals surface area contributed by atoms with Gasteiger partial charge < -0.3 is 0 Å². The topological polar surface area (TPSA) is 25.8 Å². The summed E-state index contributed by atoms with van der Waals surface area (Å²) in [5.41, 5.74) is 7.59. The smallest absolute Gasteiger partial charge is 0.160 e. The zero-order chi connectivity index (χ0) is 25.0. The molecular weight excluding hydrogens is 472 g/mol. The summed E-state index contributed by atoms with van der Waals surface area (Å²) in [6.45, 7) is 0. The van der Waals surface area contributed by atoms with Crippen LogP contribution in [0, 0.1) is 0 Å². The zero-order valence-electron chi connectivity index (χ0n) is 20.5. The molecule has 0 amide bonds. The van der Waals surface area contributed by atoms with Gasteiger partial charge in [0, 0.05) is 28.0 Å². The summed E-state index contributed by atoms with van der Waals surface area (Å²) in [5, 5.41) is 0.765. The third kappa shape index (κ3) is 5.26. The minimum atomic E-state index is 0.258. The quantitative estimate of drug-likeness (QED) is 0.274. The van der Waals surface area contributed by atoms with Gasteiger partial charge in [0.1, 0.15) is 0 Å². The normalized spacial score (nSPS) is 18.6. The number of benzene rings is 3. The van der Waals surface area contributed by atoms with Gasteiger partial charge in [-0.05, 0) is 47.7 Å². The molecule has 37 heavy (non-hydrogen) atoms. The Labute approximate surface area is 223 Å². The number of allylic oxidation sites excluding steroid dienone is 8. The molecule has 2 nitrogen and oxygen atoms in total. The van der Waals surface area contributed by atoms with E-state index in [1.807, 2.05) is 30.3 Å². The lowest BCUT2D eigenvalue weighted by Gasteiger charge is -2.18. The SMILES string of the molecule is Clc1cccc(C2C=C(c3cc(-c4ccc(C5C=CC=CC5)cc4)nc(-c4ccccc4)n3)C=CC2)c1. The van der Waals surface area contributed by atoms with E-state index in [1.165, 1.54) is 11.1 Å². The fourth-order valence-electron chi connectivity index (χ4n) is 5.01. The molecule has 3 heteroatoms. The van der Waals surface area contributed by atoms with E-state index in [1.54, 1.807) is 0 Å². The maximum atomic E-state index is 6.29. The first kappa shape index (κ1) is 23.4. The van der Waals surface area contributed by atoms with Gasteiger partial charge in [-0.1, -0.05) is 121 Å². The summed E-state index contributed by atoms with van der Waals surface area (Å²) in [6.07, 6.45) is 17.4. The first-order chi connectivity index (χ1) is 18.2. The summed E-state index contributed by atoms with van der Waals surface area (Å²) < 4.78 is 0. The Kier molecular flexibility index (Phi) is 6.66. The van der Waals surface area contributed by atoms with Crippen LogP contribution in [0.5, 0.6) is 0 Å². The maximum absolute atomic E-state index is 6.29. The van der Waals surface area contributed by atoms with Gasteiger partial charge in [0.15, 0.2) is 5.82 Å². The molecular formula is C34H27ClN2. The fraction of sp³-hybridized carbons (Fsp3) is 0.118. The van der Waals surface area contributed by atoms with Gasteiger partial charge in [0.2, 0.25) is 0 Å². The van der Waals surface area contributed by atoms with Crippen molar-refractivity contribution in [2.75, 3.05) is 0 Å². The number of nitrogens with zero attached hydrogens (tertiary/aromatic N) is 2. The number of rotatable bonds is 5. The predicted octanol–water partition coefficient (Wildman–Crippen LogP) is 9.19. The highest BCUT2D eigenvalue weighted by Crippen LogP contribution is 2.34. The van der Waals surface area contributed by atoms with Crippen molar-refractivity contribution in [3.63, 3.8) is 0 Å². The van der Waals surface area contributed by atoms with E-state index in [-0.39, 0.29) is 5.92 Å². The summed E-state index contributed by atoms with van der Waals surface area (Å²) in [4.78, 5) is 10.0. The maximum Gasteiger partial charge on any atom is 0.160 e. The number of hydrogen-bond donors (Lipinski definition) is 0. The van der Waals surface area contributed by atoms with Crippen molar-refractivity contribution in [3.05, 3.63) is 149 Å². The number of hydrogen-bond acceptors (Lipinski definition) is 2. The first-order valence-electron chi connectivity index (χ1n) is 12.8. The summed E-state index contributed by atoms with van der Waals surface area (Å²) in [5.74, 6) is 1.42. The van der Waals surface area contributed by atoms with Crippen molar-refractivity contribution >= 4 is 17.2 Å². The molecule has 4 aromatic rings. The molecule has 0 saturated carbocycles. The molecule has 2 atom stereocenters. The molecule has 1 aromatic heterocycles. The van der Waals surface area contributed by atoms with Crippen molar-refractivity contribution in [1.29, 1.82) is 0 Å². The van der Waals surface area contributed by atoms with Crippen LogP contribution >= 0.6 is 11.6 Å². The Morgan fingerprint density at radius 3 is 2.24 bits per heavy atom. The van der Waals surface area contributed by atoms with E-state index in [4.69, 9.17) is 21.6 Å². The van der Waals surface area contributed by atoms with E-state index in [0.29, 0.717) is 5.92 Å². The molecule has 0 spiro atoms. The van der Waals surface area contributed by atoms with E-state index >= 15 is 0 Å². The van der Waals surface area contributed by atoms with Gasteiger partial charge in [-0.3, -0.25) is 0 Å². The molecule has 0 saturated heterocycles. The Morgan fingerprint density at radius 1 is 0.649 bits per heavy atom. The fourth-order valence-corrected chi connectivity index (χ4v) is 5.21. The van der Waals surface area contributed by atoms with Crippen LogP contribution in [0.15, 0.2) is 127 Å². The van der Waals surface area contributed by atoms with Gasteiger partial charge in [-0.15, -0.1) is 0 Å². The minimum absolute atomic E-state index is 0.258. The summed E-state index contributed by atoms with van der Waals surface area (Å²) >= 11 is 6.29. The van der Waals surface area contributed by atoms with Crippen molar-refractivity contribution < 1.29 is 0 Å². The van der Waals surface area contributed by atoms with Gasteiger partial charge in [0.05, 0.1) is 11.4 Å². The second-order valence-corrected chi connectivity index (χ2v) is 9.96. The first-order valence-corrected chi connectivity index (χ1v) is 13.1. The third-order valence-electron chi connectivity index (χ3n) is 7.01. The lowest BCUT2D eigenvalue weighted by Crippen LogP contribution is -2.03. The molecule has 0 radical (unpaired) electrons. The highest BCUT2D eigenvalue weighted by atomic mass is 35.5. The Hall–Kier alpha value is -4.01. The average Bonchev–Trinajstić information content (AvgIpc) is 2.98. The van der Waals surface area contributed by atoms with Gasteiger partial charge >= 0.3 is 0 Å². The molecule has 1 heterocycles. The molecule has 6 rings (SSSR count). The molecule has 0 aliphatic heterocycles. The molecule has 2 aliphatic rings. The second-order valence-electron chi connectivity index (χ2n) is 9.53. The highest BCUT2D eigenvalue weighted by molar-refractivity contribution is 6.30. The zero-order valence-corrected chi connectivity index (χ0v) is 21.2. The summed E-state index contributed by atoms with van der Waals surface area (Å²) in [7, 11) is 0. The van der Waals surface area contributed by atoms with Crippen LogP contribution in [0.3, 0.4) is 0 Å². The largest absolute Gasteiger partial charge is 0.228 e. The standard InChI is InChI=1S/C34H27ClN2/c35-31-16-8-14-29(22-31)28-13-7-15-30(21-28)33-23-32(36-34(37-33)27-11-5-2-6-12-27)26-19-17-25(18-20-26)24-9-3-1-4-10-24/h1-9,11-12,14-24,28H,10,13H2. The van der Waals surface area contributed by atoms with Crippen molar-refractivity contribution in [2.45, 2.75) is 24.7 Å². The lowest BCUT2D eigenvalue weighted by molar-refractivity contribution is 0.854. The van der Waals surface area contributed by atoms with Crippen molar-refractivity contribution in [1.82, 2.24) is 9.97 Å². The number of aromatic nitrogens is 2. The van der Waals surface area contributed by atoms with Crippen molar-refractivity contribution in [3.8, 4) is 22.6 Å². The lowest BCUT2D eigenvalue weighted by atomic mass is 9.88. The van der Waals surface area contributed by atoms with Gasteiger partial charge in [0.25, 0.3) is 0 Å². The Bertz CT molecular complexity index is 1530. The molecule has 180 valence electrons. The van der Waals surface area contributed by atoms with Gasteiger partial charge in [-0.25, -0.2) is 9.97 Å². The van der Waals surface area contributed by atoms with Crippen LogP contribution in [-0.4, -0.2) is 9.97 Å². The predicted molar refractivity (Wildman–Crippen MR) is 154 cm³/mol. The Morgan fingerprint density at radius 2 is 1.46 bits per heavy atom. The van der Waals surface area contributed by atoms with Crippen LogP contribution in [-0.2, 0) is 0 Å². The van der Waals surface area contributed by atoms with Crippen LogP contribution in [0.4, 0.5) is 0 Å². The number of halogens is 1. The summed E-state index contributed by atoms with van der Waals surface area (Å²) in [6, 6.07) is 29.3. The highest BCUT2D eigenvalue weighted by Gasteiger charge is 2.17. The molecule has 0 bridgehead atoms.